The maximum Gasteiger partial charge on any atom is 0.282 e. The molecule has 3 nitrogen and oxygen atoms in total. The van der Waals surface area contributed by atoms with Crippen molar-refractivity contribution in [3.8, 4) is 0 Å². The smallest absolute Gasteiger partial charge is 0.199 e. The molecule has 0 heterocycles. The first kappa shape index (κ1) is 17.2. The van der Waals surface area contributed by atoms with Crippen molar-refractivity contribution in [2.24, 2.45) is 4.40 Å². The van der Waals surface area contributed by atoms with Gasteiger partial charge in [-0.05, 0) is 25.5 Å². The van der Waals surface area contributed by atoms with Crippen LogP contribution in [0.25, 0.3) is 0 Å². The highest BCUT2D eigenvalue weighted by atomic mass is 35.5. The highest BCUT2D eigenvalue weighted by Crippen LogP contribution is 2.14. The molecular weight excluding hydrogens is 294 g/mol. The van der Waals surface area contributed by atoms with Crippen molar-refractivity contribution in [2.75, 3.05) is 0 Å². The molecule has 5 heteroatoms. The molecule has 1 rings (SSSR count). The van der Waals surface area contributed by atoms with Gasteiger partial charge in [0, 0.05) is 6.21 Å². The average Bonchev–Trinajstić information content (AvgIpc) is 2.42. The summed E-state index contributed by atoms with van der Waals surface area (Å²) in [4.78, 5) is 0.203. The third-order valence-corrected chi connectivity index (χ3v) is 4.61. The number of sulfonamides is 1. The Hall–Kier alpha value is -0.870. The lowest BCUT2D eigenvalue weighted by Crippen LogP contribution is -2.04. The number of alkyl halides is 1. The van der Waals surface area contributed by atoms with Crippen LogP contribution in [0.1, 0.15) is 44.6 Å². The van der Waals surface area contributed by atoms with Crippen molar-refractivity contribution < 1.29 is 8.42 Å². The number of halogens is 1. The first-order valence-electron chi connectivity index (χ1n) is 6.97. The van der Waals surface area contributed by atoms with Gasteiger partial charge in [-0.1, -0.05) is 50.3 Å². The van der Waals surface area contributed by atoms with Gasteiger partial charge in [-0.15, -0.1) is 11.6 Å². The fourth-order valence-corrected chi connectivity index (χ4v) is 2.94. The lowest BCUT2D eigenvalue weighted by molar-refractivity contribution is 0.598. The van der Waals surface area contributed by atoms with Gasteiger partial charge in [0.2, 0.25) is 0 Å². The van der Waals surface area contributed by atoms with Gasteiger partial charge >= 0.3 is 0 Å². The minimum Gasteiger partial charge on any atom is -0.199 e. The summed E-state index contributed by atoms with van der Waals surface area (Å²) in [5.41, 5.74) is 1.01. The van der Waals surface area contributed by atoms with E-state index in [1.54, 1.807) is 24.3 Å². The van der Waals surface area contributed by atoms with E-state index < -0.39 is 10.0 Å². The van der Waals surface area contributed by atoms with Crippen molar-refractivity contribution >= 4 is 27.8 Å². The molecule has 1 atom stereocenters. The highest BCUT2D eigenvalue weighted by Gasteiger charge is 2.12. The van der Waals surface area contributed by atoms with Crippen LogP contribution in [0.4, 0.5) is 0 Å². The normalized spacial score (nSPS) is 13.8. The minimum atomic E-state index is -3.62. The fraction of sp³-hybridized carbons (Fsp3) is 0.533. The molecule has 0 amide bonds. The zero-order chi connectivity index (χ0) is 15.0. The second kappa shape index (κ2) is 8.42. The number of nitrogens with zero attached hydrogens (tertiary/aromatic N) is 1. The molecule has 1 aromatic carbocycles. The summed E-state index contributed by atoms with van der Waals surface area (Å²) < 4.78 is 27.6. The van der Waals surface area contributed by atoms with E-state index >= 15 is 0 Å². The van der Waals surface area contributed by atoms with Crippen molar-refractivity contribution in [3.05, 3.63) is 29.8 Å². The minimum absolute atomic E-state index is 0.203. The Kier molecular flexibility index (Phi) is 7.24. The molecule has 0 N–H and O–H groups in total. The number of aryl methyl sites for hydroxylation is 1. The zero-order valence-corrected chi connectivity index (χ0v) is 13.6. The molecule has 0 aliphatic rings. The second-order valence-electron chi connectivity index (χ2n) is 4.91. The Morgan fingerprint density at radius 1 is 1.20 bits per heavy atom. The molecule has 0 bridgehead atoms. The summed E-state index contributed by atoms with van der Waals surface area (Å²) in [5, 5.41) is -0.327. The second-order valence-corrected chi connectivity index (χ2v) is 7.10. The number of benzene rings is 1. The van der Waals surface area contributed by atoms with Crippen LogP contribution in [0.3, 0.4) is 0 Å². The molecule has 20 heavy (non-hydrogen) atoms. The van der Waals surface area contributed by atoms with Gasteiger partial charge in [0.15, 0.2) is 0 Å². The van der Waals surface area contributed by atoms with Gasteiger partial charge in [-0.25, -0.2) is 0 Å². The summed E-state index contributed by atoms with van der Waals surface area (Å²) >= 11 is 6.06. The van der Waals surface area contributed by atoms with Crippen molar-refractivity contribution in [1.29, 1.82) is 0 Å². The maximum absolute atomic E-state index is 12.0. The molecule has 0 aromatic heterocycles. The van der Waals surface area contributed by atoms with Crippen LogP contribution >= 0.6 is 11.6 Å². The molecule has 112 valence electrons. The largest absolute Gasteiger partial charge is 0.282 e. The molecule has 0 aliphatic carbocycles. The lowest BCUT2D eigenvalue weighted by atomic mass is 10.1. The van der Waals surface area contributed by atoms with E-state index in [1.807, 2.05) is 6.92 Å². The molecule has 0 saturated carbocycles. The average molecular weight is 316 g/mol. The number of unbranched alkanes of at least 4 members (excludes halogenated alkanes) is 3. The van der Waals surface area contributed by atoms with E-state index in [-0.39, 0.29) is 10.3 Å². The third kappa shape index (κ3) is 6.06. The van der Waals surface area contributed by atoms with Crippen LogP contribution in [0.5, 0.6) is 0 Å². The summed E-state index contributed by atoms with van der Waals surface area (Å²) in [6.07, 6.45) is 6.57. The predicted molar refractivity (Wildman–Crippen MR) is 85.3 cm³/mol. The first-order valence-corrected chi connectivity index (χ1v) is 8.84. The van der Waals surface area contributed by atoms with Crippen LogP contribution in [0.2, 0.25) is 0 Å². The quantitative estimate of drug-likeness (QED) is 0.407. The van der Waals surface area contributed by atoms with E-state index in [1.165, 1.54) is 19.1 Å². The molecule has 1 aromatic rings. The molecular formula is C15H22ClNO2S. The van der Waals surface area contributed by atoms with Crippen LogP contribution in [0.15, 0.2) is 33.6 Å². The van der Waals surface area contributed by atoms with E-state index in [0.717, 1.165) is 24.8 Å². The van der Waals surface area contributed by atoms with Crippen LogP contribution < -0.4 is 0 Å². The van der Waals surface area contributed by atoms with Gasteiger partial charge in [-0.2, -0.15) is 12.8 Å². The Bertz CT molecular complexity index is 523. The Morgan fingerprint density at radius 3 is 2.45 bits per heavy atom. The van der Waals surface area contributed by atoms with Gasteiger partial charge in [-0.3, -0.25) is 0 Å². The standard InChI is InChI=1S/C15H22ClNO2S/c1-3-4-5-6-7-14(16)12-17-20(18,19)15-10-8-13(2)9-11-15/h8-12,14H,3-7H2,1-2H3/b17-12+. The van der Waals surface area contributed by atoms with Crippen molar-refractivity contribution in [2.45, 2.75) is 56.2 Å². The first-order chi connectivity index (χ1) is 9.45. The van der Waals surface area contributed by atoms with Crippen molar-refractivity contribution in [3.63, 3.8) is 0 Å². The van der Waals surface area contributed by atoms with Gasteiger partial charge in [0.1, 0.15) is 0 Å². The number of hydrogen-bond acceptors (Lipinski definition) is 2. The third-order valence-electron chi connectivity index (χ3n) is 3.01. The molecule has 0 aliphatic heterocycles. The molecule has 0 radical (unpaired) electrons. The molecule has 0 saturated heterocycles. The SMILES string of the molecule is CCCCCCC(Cl)/C=N/S(=O)(=O)c1ccc(C)cc1. The van der Waals surface area contributed by atoms with Crippen LogP contribution in [0, 0.1) is 6.92 Å². The van der Waals surface area contributed by atoms with Crippen LogP contribution in [-0.4, -0.2) is 20.0 Å². The highest BCUT2D eigenvalue weighted by molar-refractivity contribution is 7.90. The molecule has 0 spiro atoms. The number of rotatable bonds is 8. The van der Waals surface area contributed by atoms with Gasteiger partial charge < -0.3 is 0 Å². The Balaban J connectivity index is 2.57. The fourth-order valence-electron chi connectivity index (χ4n) is 1.76. The van der Waals surface area contributed by atoms with E-state index in [2.05, 4.69) is 11.3 Å². The topological polar surface area (TPSA) is 46.5 Å². The lowest BCUT2D eigenvalue weighted by Gasteiger charge is -2.03. The van der Waals surface area contributed by atoms with E-state index in [9.17, 15) is 8.42 Å². The zero-order valence-electron chi connectivity index (χ0n) is 12.0. The predicted octanol–water partition coefficient (Wildman–Crippen LogP) is 4.33. The van der Waals surface area contributed by atoms with E-state index in [4.69, 9.17) is 11.6 Å². The summed E-state index contributed by atoms with van der Waals surface area (Å²) in [6.45, 7) is 4.05. The monoisotopic (exact) mass is 315 g/mol. The van der Waals surface area contributed by atoms with Crippen LogP contribution in [-0.2, 0) is 10.0 Å². The van der Waals surface area contributed by atoms with E-state index in [0.29, 0.717) is 0 Å². The molecule has 0 fully saturated rings. The summed E-state index contributed by atoms with van der Waals surface area (Å²) in [5.74, 6) is 0. The summed E-state index contributed by atoms with van der Waals surface area (Å²) in [7, 11) is -3.62. The van der Waals surface area contributed by atoms with Gasteiger partial charge in [0.25, 0.3) is 10.0 Å². The molecule has 1 unspecified atom stereocenters. The Morgan fingerprint density at radius 2 is 1.85 bits per heavy atom. The maximum atomic E-state index is 12.0. The summed E-state index contributed by atoms with van der Waals surface area (Å²) in [6, 6.07) is 6.63. The number of hydrogen-bond donors (Lipinski definition) is 0. The Labute approximate surface area is 127 Å². The van der Waals surface area contributed by atoms with Gasteiger partial charge in [0.05, 0.1) is 10.3 Å². The van der Waals surface area contributed by atoms with Crippen molar-refractivity contribution in [1.82, 2.24) is 0 Å².